The van der Waals surface area contributed by atoms with E-state index in [1.807, 2.05) is 54.6 Å². The van der Waals surface area contributed by atoms with E-state index in [4.69, 9.17) is 9.72 Å². The van der Waals surface area contributed by atoms with Crippen molar-refractivity contribution in [1.82, 2.24) is 19.4 Å². The van der Waals surface area contributed by atoms with Crippen LogP contribution in [0, 0.1) is 0 Å². The van der Waals surface area contributed by atoms with Crippen LogP contribution in [0.15, 0.2) is 65.6 Å². The molecule has 0 radical (unpaired) electrons. The SMILES string of the molecule is CCC(CC)c1cc2cnc(Nc3ccc(OC4CCN(C)CC4)cc3)nc2n(C2Cc3ccccc3NC2=O)c1=O. The number of benzene rings is 2. The molecule has 2 aromatic carbocycles. The van der Waals surface area contributed by atoms with Gasteiger partial charge in [0.15, 0.2) is 0 Å². The van der Waals surface area contributed by atoms with Crippen LogP contribution in [0.4, 0.5) is 17.3 Å². The number of hydrogen-bond acceptors (Lipinski definition) is 7. The van der Waals surface area contributed by atoms with Gasteiger partial charge in [0.05, 0.1) is 0 Å². The van der Waals surface area contributed by atoms with E-state index in [1.165, 1.54) is 0 Å². The van der Waals surface area contributed by atoms with Crippen LogP contribution < -0.4 is 20.9 Å². The lowest BCUT2D eigenvalue weighted by atomic mass is 9.93. The Hall–Kier alpha value is -4.24. The maximum absolute atomic E-state index is 14.1. The molecule has 2 aromatic heterocycles. The van der Waals surface area contributed by atoms with Gasteiger partial charge in [0.25, 0.3) is 5.56 Å². The number of ether oxygens (including phenoxy) is 1. The molecule has 9 nitrogen and oxygen atoms in total. The molecule has 1 amide bonds. The molecule has 0 saturated carbocycles. The van der Waals surface area contributed by atoms with Crippen LogP contribution in [0.5, 0.6) is 5.75 Å². The Kier molecular flexibility index (Phi) is 7.93. The molecule has 4 heterocycles. The first-order chi connectivity index (χ1) is 20.4. The Labute approximate surface area is 245 Å². The molecule has 1 unspecified atom stereocenters. The van der Waals surface area contributed by atoms with Crippen molar-refractivity contribution in [1.29, 1.82) is 0 Å². The summed E-state index contributed by atoms with van der Waals surface area (Å²) in [6.07, 6.45) is 6.08. The van der Waals surface area contributed by atoms with Gasteiger partial charge in [-0.15, -0.1) is 0 Å². The highest BCUT2D eigenvalue weighted by molar-refractivity contribution is 5.97. The van der Waals surface area contributed by atoms with Gasteiger partial charge in [0, 0.05) is 48.0 Å². The van der Waals surface area contributed by atoms with E-state index in [0.29, 0.717) is 23.6 Å². The number of aromatic nitrogens is 3. The molecule has 6 rings (SSSR count). The monoisotopic (exact) mass is 566 g/mol. The van der Waals surface area contributed by atoms with Gasteiger partial charge < -0.3 is 20.3 Å². The molecule has 0 aliphatic carbocycles. The number of carbonyl (C=O) groups is 1. The number of nitrogens with one attached hydrogen (secondary N) is 2. The van der Waals surface area contributed by atoms with Crippen LogP contribution in [0.2, 0.25) is 0 Å². The third-order valence-corrected chi connectivity index (χ3v) is 8.61. The molecule has 2 aliphatic heterocycles. The molecular formula is C33H38N6O3. The molecule has 4 aromatic rings. The van der Waals surface area contributed by atoms with Crippen LogP contribution in [-0.4, -0.2) is 51.6 Å². The summed E-state index contributed by atoms with van der Waals surface area (Å²) in [5, 5.41) is 7.00. The number of carbonyl (C=O) groups excluding carboxylic acids is 1. The molecule has 9 heteroatoms. The maximum atomic E-state index is 14.1. The van der Waals surface area contributed by atoms with E-state index < -0.39 is 6.04 Å². The van der Waals surface area contributed by atoms with Gasteiger partial charge in [-0.25, -0.2) is 4.98 Å². The predicted octanol–water partition coefficient (Wildman–Crippen LogP) is 5.65. The van der Waals surface area contributed by atoms with Crippen LogP contribution in [0.1, 0.15) is 62.6 Å². The number of pyridine rings is 1. The molecule has 1 atom stereocenters. The molecule has 42 heavy (non-hydrogen) atoms. The van der Waals surface area contributed by atoms with Crippen molar-refractivity contribution in [3.63, 3.8) is 0 Å². The Bertz CT molecular complexity index is 1640. The number of rotatable bonds is 8. The van der Waals surface area contributed by atoms with Crippen molar-refractivity contribution in [3.8, 4) is 5.75 Å². The minimum absolute atomic E-state index is 0.0835. The number of hydrogen-bond donors (Lipinski definition) is 2. The van der Waals surface area contributed by atoms with Crippen molar-refractivity contribution >= 4 is 34.3 Å². The van der Waals surface area contributed by atoms with E-state index in [9.17, 15) is 9.59 Å². The molecule has 2 aliphatic rings. The molecule has 2 N–H and O–H groups in total. The summed E-state index contributed by atoms with van der Waals surface area (Å²) in [4.78, 5) is 39.2. The normalized spacial score (nSPS) is 17.7. The quantitative estimate of drug-likeness (QED) is 0.284. The fourth-order valence-corrected chi connectivity index (χ4v) is 6.10. The Morgan fingerprint density at radius 1 is 1.05 bits per heavy atom. The molecule has 1 saturated heterocycles. The topological polar surface area (TPSA) is 101 Å². The summed E-state index contributed by atoms with van der Waals surface area (Å²) in [6.45, 7) is 6.25. The van der Waals surface area contributed by atoms with E-state index in [-0.39, 0.29) is 23.5 Å². The Morgan fingerprint density at radius 2 is 1.79 bits per heavy atom. The van der Waals surface area contributed by atoms with Gasteiger partial charge in [-0.1, -0.05) is 32.0 Å². The first-order valence-electron chi connectivity index (χ1n) is 15.0. The fraction of sp³-hybridized carbons (Fsp3) is 0.394. The third-order valence-electron chi connectivity index (χ3n) is 8.61. The van der Waals surface area contributed by atoms with E-state index in [1.54, 1.807) is 10.8 Å². The molecule has 0 spiro atoms. The highest BCUT2D eigenvalue weighted by atomic mass is 16.5. The summed E-state index contributed by atoms with van der Waals surface area (Å²) >= 11 is 0. The highest BCUT2D eigenvalue weighted by Crippen LogP contribution is 2.31. The third kappa shape index (κ3) is 5.61. The number of likely N-dealkylation sites (tertiary alicyclic amines) is 1. The molecule has 0 bridgehead atoms. The summed E-state index contributed by atoms with van der Waals surface area (Å²) in [6, 6.07) is 16.7. The van der Waals surface area contributed by atoms with E-state index >= 15 is 0 Å². The number of fused-ring (bicyclic) bond motifs is 2. The van der Waals surface area contributed by atoms with Gasteiger partial charge >= 0.3 is 0 Å². The summed E-state index contributed by atoms with van der Waals surface area (Å²) < 4.78 is 7.77. The smallest absolute Gasteiger partial charge is 0.256 e. The first kappa shape index (κ1) is 27.9. The van der Waals surface area contributed by atoms with E-state index in [0.717, 1.165) is 66.8 Å². The van der Waals surface area contributed by atoms with Crippen molar-refractivity contribution in [2.45, 2.75) is 64.0 Å². The summed E-state index contributed by atoms with van der Waals surface area (Å²) in [5.74, 6) is 1.06. The molecular weight excluding hydrogens is 528 g/mol. The summed E-state index contributed by atoms with van der Waals surface area (Å²) in [5.41, 5.74) is 3.54. The first-order valence-corrected chi connectivity index (χ1v) is 15.0. The predicted molar refractivity (Wildman–Crippen MR) is 166 cm³/mol. The largest absolute Gasteiger partial charge is 0.490 e. The lowest BCUT2D eigenvalue weighted by Crippen LogP contribution is -2.39. The fourth-order valence-electron chi connectivity index (χ4n) is 6.10. The van der Waals surface area contributed by atoms with E-state index in [2.05, 4.69) is 41.4 Å². The zero-order chi connectivity index (χ0) is 29.2. The Morgan fingerprint density at radius 3 is 2.52 bits per heavy atom. The zero-order valence-corrected chi connectivity index (χ0v) is 24.5. The number of amides is 1. The van der Waals surface area contributed by atoms with Gasteiger partial charge in [-0.2, -0.15) is 4.98 Å². The number of anilines is 3. The highest BCUT2D eigenvalue weighted by Gasteiger charge is 2.31. The van der Waals surface area contributed by atoms with Gasteiger partial charge in [-0.3, -0.25) is 14.2 Å². The zero-order valence-electron chi connectivity index (χ0n) is 24.5. The van der Waals surface area contributed by atoms with Crippen LogP contribution >= 0.6 is 0 Å². The van der Waals surface area contributed by atoms with Crippen molar-refractivity contribution in [2.75, 3.05) is 30.8 Å². The summed E-state index contributed by atoms with van der Waals surface area (Å²) in [7, 11) is 2.14. The maximum Gasteiger partial charge on any atom is 0.256 e. The molecule has 218 valence electrons. The lowest BCUT2D eigenvalue weighted by Gasteiger charge is -2.29. The minimum atomic E-state index is -0.719. The minimum Gasteiger partial charge on any atom is -0.490 e. The molecule has 1 fully saturated rings. The second kappa shape index (κ2) is 11.9. The van der Waals surface area contributed by atoms with Crippen molar-refractivity contribution in [2.24, 2.45) is 0 Å². The van der Waals surface area contributed by atoms with Gasteiger partial charge in [0.2, 0.25) is 11.9 Å². The lowest BCUT2D eigenvalue weighted by molar-refractivity contribution is -0.119. The van der Waals surface area contributed by atoms with Crippen LogP contribution in [0.25, 0.3) is 11.0 Å². The average Bonchev–Trinajstić information content (AvgIpc) is 3.00. The number of nitrogens with zero attached hydrogens (tertiary/aromatic N) is 4. The van der Waals surface area contributed by atoms with Gasteiger partial charge in [0.1, 0.15) is 23.5 Å². The second-order valence-corrected chi connectivity index (χ2v) is 11.4. The number of piperidine rings is 1. The van der Waals surface area contributed by atoms with Crippen LogP contribution in [-0.2, 0) is 11.2 Å². The van der Waals surface area contributed by atoms with Crippen molar-refractivity contribution < 1.29 is 9.53 Å². The number of para-hydroxylation sites is 1. The standard InChI is InChI=1S/C33H38N6O3/c1-4-21(5-2)27-18-23-20-34-33(35-24-10-12-25(13-11-24)42-26-14-16-38(3)17-15-26)37-30(23)39(32(27)41)29-19-22-8-6-7-9-28(22)36-31(29)40/h6-13,18,20-21,26,29H,4-5,14-17,19H2,1-3H3,(H,36,40)(H,34,35,37). The van der Waals surface area contributed by atoms with Crippen molar-refractivity contribution in [3.05, 3.63) is 82.3 Å². The Balaban J connectivity index is 1.33. The van der Waals surface area contributed by atoms with Crippen LogP contribution in [0.3, 0.4) is 0 Å². The average molecular weight is 567 g/mol. The second-order valence-electron chi connectivity index (χ2n) is 11.4. The van der Waals surface area contributed by atoms with Gasteiger partial charge in [-0.05, 0) is 80.6 Å².